The number of imide groups is 2. The third-order valence-electron chi connectivity index (χ3n) is 4.50. The number of nitrogens with zero attached hydrogens (tertiary/aromatic N) is 3. The maximum Gasteiger partial charge on any atom is 0.334 e. The van der Waals surface area contributed by atoms with Gasteiger partial charge >= 0.3 is 17.8 Å². The van der Waals surface area contributed by atoms with Crippen LogP contribution in [0, 0.1) is 0 Å². The minimum atomic E-state index is -1.01. The quantitative estimate of drug-likeness (QED) is 0.625. The Morgan fingerprint density at radius 3 is 2.48 bits per heavy atom. The molecule has 0 unspecified atom stereocenters. The molecule has 0 aliphatic carbocycles. The topological polar surface area (TPSA) is 107 Å². The molecule has 3 rings (SSSR count). The summed E-state index contributed by atoms with van der Waals surface area (Å²) in [6.07, 6.45) is 0.583. The Bertz CT molecular complexity index is 837. The van der Waals surface area contributed by atoms with E-state index in [-0.39, 0.29) is 18.9 Å². The van der Waals surface area contributed by atoms with E-state index in [2.05, 4.69) is 5.32 Å². The first-order valence-electron chi connectivity index (χ1n) is 8.73. The number of benzene rings is 1. The van der Waals surface area contributed by atoms with Gasteiger partial charge in [-0.2, -0.15) is 0 Å². The van der Waals surface area contributed by atoms with Gasteiger partial charge in [0, 0.05) is 19.0 Å². The number of para-hydroxylation sites is 2. The lowest BCUT2D eigenvalue weighted by Gasteiger charge is -2.29. The fourth-order valence-corrected chi connectivity index (χ4v) is 3.29. The van der Waals surface area contributed by atoms with Gasteiger partial charge < -0.3 is 10.2 Å². The molecular formula is C18H20N4O5. The van der Waals surface area contributed by atoms with Crippen LogP contribution >= 0.6 is 0 Å². The van der Waals surface area contributed by atoms with Gasteiger partial charge in [-0.05, 0) is 25.5 Å². The molecule has 1 saturated heterocycles. The SMILES string of the molecule is CCCN1C(=O)C(=O)N(CC(=O)N2c3ccccc3NC(=O)C[C@@H]2C)C1=O. The third-order valence-corrected chi connectivity index (χ3v) is 4.50. The summed E-state index contributed by atoms with van der Waals surface area (Å²) in [5.41, 5.74) is 0.958. The minimum Gasteiger partial charge on any atom is -0.324 e. The largest absolute Gasteiger partial charge is 0.334 e. The van der Waals surface area contributed by atoms with Crippen LogP contribution in [0.1, 0.15) is 26.7 Å². The van der Waals surface area contributed by atoms with Crippen molar-refractivity contribution in [3.8, 4) is 0 Å². The summed E-state index contributed by atoms with van der Waals surface area (Å²) in [5.74, 6) is -2.70. The molecule has 2 aliphatic heterocycles. The smallest absolute Gasteiger partial charge is 0.324 e. The van der Waals surface area contributed by atoms with E-state index in [0.29, 0.717) is 22.7 Å². The molecular weight excluding hydrogens is 352 g/mol. The van der Waals surface area contributed by atoms with E-state index in [1.54, 1.807) is 38.1 Å². The van der Waals surface area contributed by atoms with Gasteiger partial charge in [0.2, 0.25) is 11.8 Å². The van der Waals surface area contributed by atoms with E-state index in [0.717, 1.165) is 4.90 Å². The molecule has 1 fully saturated rings. The number of urea groups is 1. The zero-order valence-corrected chi connectivity index (χ0v) is 15.1. The van der Waals surface area contributed by atoms with E-state index in [1.165, 1.54) is 4.90 Å². The second-order valence-corrected chi connectivity index (χ2v) is 6.51. The molecule has 9 nitrogen and oxygen atoms in total. The number of hydrogen-bond donors (Lipinski definition) is 1. The van der Waals surface area contributed by atoms with Crippen molar-refractivity contribution in [3.63, 3.8) is 0 Å². The molecule has 1 atom stereocenters. The van der Waals surface area contributed by atoms with Crippen molar-refractivity contribution >= 4 is 41.0 Å². The molecule has 1 aromatic rings. The Hall–Kier alpha value is -3.23. The summed E-state index contributed by atoms with van der Waals surface area (Å²) < 4.78 is 0. The number of amides is 6. The van der Waals surface area contributed by atoms with Crippen molar-refractivity contribution in [2.75, 3.05) is 23.3 Å². The molecule has 6 amide bonds. The predicted octanol–water partition coefficient (Wildman–Crippen LogP) is 0.951. The normalized spacial score (nSPS) is 19.9. The summed E-state index contributed by atoms with van der Waals surface area (Å²) in [6, 6.07) is 5.54. The summed E-state index contributed by atoms with van der Waals surface area (Å²) in [6.45, 7) is 3.05. The van der Waals surface area contributed by atoms with E-state index in [9.17, 15) is 24.0 Å². The summed E-state index contributed by atoms with van der Waals surface area (Å²) in [5, 5.41) is 2.74. The van der Waals surface area contributed by atoms with Gasteiger partial charge in [-0.25, -0.2) is 9.69 Å². The van der Waals surface area contributed by atoms with Crippen molar-refractivity contribution in [1.29, 1.82) is 0 Å². The monoisotopic (exact) mass is 372 g/mol. The molecule has 0 aromatic heterocycles. The van der Waals surface area contributed by atoms with E-state index in [4.69, 9.17) is 0 Å². The summed E-state index contributed by atoms with van der Waals surface area (Å²) >= 11 is 0. The number of fused-ring (bicyclic) bond motifs is 1. The molecule has 0 saturated carbocycles. The van der Waals surface area contributed by atoms with Crippen molar-refractivity contribution in [2.45, 2.75) is 32.7 Å². The van der Waals surface area contributed by atoms with E-state index >= 15 is 0 Å². The van der Waals surface area contributed by atoms with Crippen molar-refractivity contribution < 1.29 is 24.0 Å². The van der Waals surface area contributed by atoms with Crippen molar-refractivity contribution in [1.82, 2.24) is 9.80 Å². The van der Waals surface area contributed by atoms with Crippen molar-refractivity contribution in [2.24, 2.45) is 0 Å². The number of rotatable bonds is 4. The standard InChI is InChI=1S/C18H20N4O5/c1-3-8-20-16(25)17(26)21(18(20)27)10-15(24)22-11(2)9-14(23)19-12-6-4-5-7-13(12)22/h4-7,11H,3,8-10H2,1-2H3,(H,19,23)/t11-/m0/s1. The first kappa shape index (κ1) is 18.6. The van der Waals surface area contributed by atoms with Crippen LogP contribution in [0.5, 0.6) is 0 Å². The summed E-state index contributed by atoms with van der Waals surface area (Å²) in [7, 11) is 0. The van der Waals surface area contributed by atoms with Crippen LogP contribution in [-0.2, 0) is 19.2 Å². The molecule has 1 aromatic carbocycles. The first-order chi connectivity index (χ1) is 12.8. The Labute approximate surface area is 155 Å². The van der Waals surface area contributed by atoms with Crippen LogP contribution in [0.25, 0.3) is 0 Å². The molecule has 1 N–H and O–H groups in total. The predicted molar refractivity (Wildman–Crippen MR) is 95.7 cm³/mol. The number of anilines is 2. The van der Waals surface area contributed by atoms with Gasteiger partial charge in [-0.15, -0.1) is 0 Å². The van der Waals surface area contributed by atoms with Gasteiger partial charge in [0.1, 0.15) is 6.54 Å². The number of hydrogen-bond acceptors (Lipinski definition) is 5. The van der Waals surface area contributed by atoms with E-state index < -0.39 is 36.3 Å². The van der Waals surface area contributed by atoms with Crippen LogP contribution < -0.4 is 10.2 Å². The zero-order chi connectivity index (χ0) is 19.7. The molecule has 9 heteroatoms. The average Bonchev–Trinajstić information content (AvgIpc) is 2.75. The van der Waals surface area contributed by atoms with Crippen LogP contribution in [0.15, 0.2) is 24.3 Å². The molecule has 2 aliphatic rings. The fourth-order valence-electron chi connectivity index (χ4n) is 3.29. The highest BCUT2D eigenvalue weighted by molar-refractivity contribution is 6.45. The molecule has 0 radical (unpaired) electrons. The zero-order valence-electron chi connectivity index (χ0n) is 15.1. The Morgan fingerprint density at radius 2 is 1.78 bits per heavy atom. The van der Waals surface area contributed by atoms with Gasteiger partial charge in [0.25, 0.3) is 0 Å². The molecule has 27 heavy (non-hydrogen) atoms. The third kappa shape index (κ3) is 3.27. The van der Waals surface area contributed by atoms with Crippen molar-refractivity contribution in [3.05, 3.63) is 24.3 Å². The lowest BCUT2D eigenvalue weighted by molar-refractivity contribution is -0.143. The highest BCUT2D eigenvalue weighted by Gasteiger charge is 2.45. The van der Waals surface area contributed by atoms with E-state index in [1.807, 2.05) is 0 Å². The lowest BCUT2D eigenvalue weighted by atomic mass is 10.1. The molecule has 2 heterocycles. The second kappa shape index (κ2) is 7.18. The van der Waals surface area contributed by atoms with Crippen LogP contribution in [0.4, 0.5) is 16.2 Å². The maximum absolute atomic E-state index is 13.0. The number of carbonyl (C=O) groups excluding carboxylic acids is 5. The minimum absolute atomic E-state index is 0.0726. The Balaban J connectivity index is 1.87. The highest BCUT2D eigenvalue weighted by Crippen LogP contribution is 2.31. The lowest BCUT2D eigenvalue weighted by Crippen LogP contribution is -2.47. The Kier molecular flexibility index (Phi) is 4.93. The number of nitrogens with one attached hydrogen (secondary N) is 1. The van der Waals surface area contributed by atoms with Crippen LogP contribution in [0.3, 0.4) is 0 Å². The van der Waals surface area contributed by atoms with Gasteiger partial charge in [-0.3, -0.25) is 24.1 Å². The average molecular weight is 372 g/mol. The maximum atomic E-state index is 13.0. The van der Waals surface area contributed by atoms with Crippen LogP contribution in [-0.4, -0.2) is 58.6 Å². The van der Waals surface area contributed by atoms with Gasteiger partial charge in [0.15, 0.2) is 0 Å². The second-order valence-electron chi connectivity index (χ2n) is 6.51. The highest BCUT2D eigenvalue weighted by atomic mass is 16.2. The number of carbonyl (C=O) groups is 5. The molecule has 0 spiro atoms. The summed E-state index contributed by atoms with van der Waals surface area (Å²) in [4.78, 5) is 64.3. The Morgan fingerprint density at radius 1 is 1.11 bits per heavy atom. The van der Waals surface area contributed by atoms with Gasteiger partial charge in [-0.1, -0.05) is 19.1 Å². The first-order valence-corrected chi connectivity index (χ1v) is 8.73. The molecule has 0 bridgehead atoms. The molecule has 142 valence electrons. The fraction of sp³-hybridized carbons (Fsp3) is 0.389. The van der Waals surface area contributed by atoms with Crippen LogP contribution in [0.2, 0.25) is 0 Å². The van der Waals surface area contributed by atoms with Gasteiger partial charge in [0.05, 0.1) is 11.4 Å².